The Labute approximate surface area is 152 Å². The van der Waals surface area contributed by atoms with Crippen LogP contribution in [-0.4, -0.2) is 12.5 Å². The molecule has 0 N–H and O–H groups in total. The number of carbonyl (C=O) groups excluding carboxylic acids is 1. The van der Waals surface area contributed by atoms with Crippen molar-refractivity contribution in [3.63, 3.8) is 0 Å². The van der Waals surface area contributed by atoms with Crippen LogP contribution in [0.3, 0.4) is 0 Å². The van der Waals surface area contributed by atoms with E-state index in [0.29, 0.717) is 0 Å². The standard InChI is InChI=1S/C22H19NOS/c24-22(23-15-14-18-6-4-5-9-21(18)23)19-12-10-17(11-13-19)16-25-20-7-2-1-3-8-20/h1-13H,14-16H2. The molecule has 0 atom stereocenters. The van der Waals surface area contributed by atoms with E-state index < -0.39 is 0 Å². The summed E-state index contributed by atoms with van der Waals surface area (Å²) in [7, 11) is 0. The highest BCUT2D eigenvalue weighted by atomic mass is 32.2. The van der Waals surface area contributed by atoms with E-state index in [2.05, 4.69) is 42.5 Å². The van der Waals surface area contributed by atoms with Crippen LogP contribution in [0.4, 0.5) is 5.69 Å². The molecule has 0 bridgehead atoms. The van der Waals surface area contributed by atoms with Crippen molar-refractivity contribution in [3.05, 3.63) is 95.6 Å². The van der Waals surface area contributed by atoms with E-state index in [1.54, 1.807) is 0 Å². The first-order valence-corrected chi connectivity index (χ1v) is 9.46. The summed E-state index contributed by atoms with van der Waals surface area (Å²) in [6, 6.07) is 26.6. The number of nitrogens with zero attached hydrogens (tertiary/aromatic N) is 1. The molecule has 0 aromatic heterocycles. The van der Waals surface area contributed by atoms with E-state index in [-0.39, 0.29) is 5.91 Å². The van der Waals surface area contributed by atoms with Crippen LogP contribution in [0.1, 0.15) is 21.5 Å². The molecular formula is C22H19NOS. The fraction of sp³-hybridized carbons (Fsp3) is 0.136. The molecule has 2 nitrogen and oxygen atoms in total. The Morgan fingerprint density at radius 1 is 0.880 bits per heavy atom. The third kappa shape index (κ3) is 3.47. The molecule has 0 aliphatic carbocycles. The third-order valence-corrected chi connectivity index (χ3v) is 5.57. The molecule has 1 aliphatic heterocycles. The SMILES string of the molecule is O=C(c1ccc(CSc2ccccc2)cc1)N1CCc2ccccc21. The molecule has 3 aromatic carbocycles. The number of hydrogen-bond donors (Lipinski definition) is 0. The van der Waals surface area contributed by atoms with Gasteiger partial charge in [-0.25, -0.2) is 0 Å². The first-order valence-electron chi connectivity index (χ1n) is 8.48. The van der Waals surface area contributed by atoms with Gasteiger partial charge >= 0.3 is 0 Å². The van der Waals surface area contributed by atoms with Gasteiger partial charge in [0.1, 0.15) is 0 Å². The van der Waals surface area contributed by atoms with Crippen LogP contribution in [0.25, 0.3) is 0 Å². The van der Waals surface area contributed by atoms with E-state index in [0.717, 1.165) is 30.0 Å². The molecule has 25 heavy (non-hydrogen) atoms. The Kier molecular flexibility index (Phi) is 4.57. The summed E-state index contributed by atoms with van der Waals surface area (Å²) in [5, 5.41) is 0. The van der Waals surface area contributed by atoms with Gasteiger partial charge in [0.15, 0.2) is 0 Å². The predicted octanol–water partition coefficient (Wildman–Crippen LogP) is 5.18. The van der Waals surface area contributed by atoms with Gasteiger partial charge in [-0.1, -0.05) is 48.5 Å². The second kappa shape index (κ2) is 7.16. The Hall–Kier alpha value is -2.52. The number of benzene rings is 3. The van der Waals surface area contributed by atoms with E-state index in [9.17, 15) is 4.79 Å². The number of anilines is 1. The van der Waals surface area contributed by atoms with Crippen molar-refractivity contribution in [2.24, 2.45) is 0 Å². The van der Waals surface area contributed by atoms with Gasteiger partial charge in [0, 0.05) is 28.4 Å². The second-order valence-corrected chi connectivity index (χ2v) is 7.18. The van der Waals surface area contributed by atoms with Crippen LogP contribution in [0.15, 0.2) is 83.8 Å². The first kappa shape index (κ1) is 16.0. The second-order valence-electron chi connectivity index (χ2n) is 6.13. The molecule has 0 radical (unpaired) electrons. The van der Waals surface area contributed by atoms with Crippen molar-refractivity contribution in [3.8, 4) is 0 Å². The Morgan fingerprint density at radius 3 is 2.40 bits per heavy atom. The molecule has 0 saturated heterocycles. The molecule has 0 fully saturated rings. The maximum absolute atomic E-state index is 12.8. The molecule has 3 aromatic rings. The molecule has 3 heteroatoms. The third-order valence-electron chi connectivity index (χ3n) is 4.48. The number of amides is 1. The van der Waals surface area contributed by atoms with Crippen LogP contribution in [0, 0.1) is 0 Å². The fourth-order valence-corrected chi connectivity index (χ4v) is 4.01. The number of carbonyl (C=O) groups is 1. The van der Waals surface area contributed by atoms with Crippen molar-refractivity contribution in [2.75, 3.05) is 11.4 Å². The minimum Gasteiger partial charge on any atom is -0.308 e. The van der Waals surface area contributed by atoms with Crippen LogP contribution in [0.2, 0.25) is 0 Å². The molecule has 0 unspecified atom stereocenters. The van der Waals surface area contributed by atoms with Gasteiger partial charge < -0.3 is 4.90 Å². The van der Waals surface area contributed by atoms with Gasteiger partial charge in [0.2, 0.25) is 0 Å². The van der Waals surface area contributed by atoms with Gasteiger partial charge in [-0.3, -0.25) is 4.79 Å². The lowest BCUT2D eigenvalue weighted by Gasteiger charge is -2.17. The zero-order valence-electron chi connectivity index (χ0n) is 13.9. The maximum atomic E-state index is 12.8. The number of hydrogen-bond acceptors (Lipinski definition) is 2. The normalized spacial score (nSPS) is 12.9. The molecule has 0 spiro atoms. The molecule has 0 saturated carbocycles. The fourth-order valence-electron chi connectivity index (χ4n) is 3.13. The van der Waals surface area contributed by atoms with Crippen molar-refractivity contribution in [2.45, 2.75) is 17.1 Å². The highest BCUT2D eigenvalue weighted by Gasteiger charge is 2.24. The Balaban J connectivity index is 1.44. The van der Waals surface area contributed by atoms with Gasteiger partial charge in [0.05, 0.1) is 0 Å². The van der Waals surface area contributed by atoms with Crippen LogP contribution < -0.4 is 4.90 Å². The van der Waals surface area contributed by atoms with Gasteiger partial charge in [-0.2, -0.15) is 0 Å². The molecule has 1 heterocycles. The van der Waals surface area contributed by atoms with Gasteiger partial charge in [0.25, 0.3) is 5.91 Å². The van der Waals surface area contributed by atoms with Crippen molar-refractivity contribution >= 4 is 23.4 Å². The van der Waals surface area contributed by atoms with Crippen LogP contribution in [-0.2, 0) is 12.2 Å². The quantitative estimate of drug-likeness (QED) is 0.607. The summed E-state index contributed by atoms with van der Waals surface area (Å²) in [6.07, 6.45) is 0.938. The van der Waals surface area contributed by atoms with Crippen LogP contribution >= 0.6 is 11.8 Å². The van der Waals surface area contributed by atoms with Crippen molar-refractivity contribution < 1.29 is 4.79 Å². The zero-order chi connectivity index (χ0) is 17.1. The van der Waals surface area contributed by atoms with Gasteiger partial charge in [-0.15, -0.1) is 11.8 Å². The van der Waals surface area contributed by atoms with E-state index in [1.165, 1.54) is 16.0 Å². The molecule has 124 valence electrons. The topological polar surface area (TPSA) is 20.3 Å². The number of rotatable bonds is 4. The molecule has 1 amide bonds. The lowest BCUT2D eigenvalue weighted by molar-refractivity contribution is 0.0989. The summed E-state index contributed by atoms with van der Waals surface area (Å²) in [5.74, 6) is 0.998. The number of para-hydroxylation sites is 1. The van der Waals surface area contributed by atoms with E-state index >= 15 is 0 Å². The largest absolute Gasteiger partial charge is 0.308 e. The summed E-state index contributed by atoms with van der Waals surface area (Å²) < 4.78 is 0. The predicted molar refractivity (Wildman–Crippen MR) is 104 cm³/mol. The summed E-state index contributed by atoms with van der Waals surface area (Å²) >= 11 is 1.81. The molecule has 1 aliphatic rings. The smallest absolute Gasteiger partial charge is 0.258 e. The maximum Gasteiger partial charge on any atom is 0.258 e. The first-order chi connectivity index (χ1) is 12.3. The number of fused-ring (bicyclic) bond motifs is 1. The minimum absolute atomic E-state index is 0.0900. The summed E-state index contributed by atoms with van der Waals surface area (Å²) in [5.41, 5.74) is 4.29. The van der Waals surface area contributed by atoms with E-state index in [4.69, 9.17) is 0 Å². The van der Waals surface area contributed by atoms with Gasteiger partial charge in [-0.05, 0) is 47.9 Å². The van der Waals surface area contributed by atoms with Crippen molar-refractivity contribution in [1.82, 2.24) is 0 Å². The monoisotopic (exact) mass is 345 g/mol. The summed E-state index contributed by atoms with van der Waals surface area (Å²) in [6.45, 7) is 0.768. The molecular weight excluding hydrogens is 326 g/mol. The average molecular weight is 345 g/mol. The zero-order valence-corrected chi connectivity index (χ0v) is 14.7. The lowest BCUT2D eigenvalue weighted by atomic mass is 10.1. The van der Waals surface area contributed by atoms with E-state index in [1.807, 2.05) is 53.1 Å². The van der Waals surface area contributed by atoms with Crippen molar-refractivity contribution in [1.29, 1.82) is 0 Å². The highest BCUT2D eigenvalue weighted by Crippen LogP contribution is 2.29. The molecule has 4 rings (SSSR count). The Bertz CT molecular complexity index is 874. The lowest BCUT2D eigenvalue weighted by Crippen LogP contribution is -2.28. The minimum atomic E-state index is 0.0900. The van der Waals surface area contributed by atoms with Crippen LogP contribution in [0.5, 0.6) is 0 Å². The summed E-state index contributed by atoms with van der Waals surface area (Å²) in [4.78, 5) is 16.0. The highest BCUT2D eigenvalue weighted by molar-refractivity contribution is 7.98. The number of thioether (sulfide) groups is 1. The Morgan fingerprint density at radius 2 is 1.60 bits per heavy atom. The average Bonchev–Trinajstić information content (AvgIpc) is 3.11.